The molecule has 0 aliphatic heterocycles. The standard InChI is InChI=1S/C8H18S2.H3O3P/c1-3-5-7-9-10-8-6-4-2;1-4(2)3/h3-8H2,1-2H3;1-3H. The molecule has 6 heteroatoms. The largest absolute Gasteiger partial charge is 0.328 e. The Kier molecular flexibility index (Phi) is 20.4. The second kappa shape index (κ2) is 16.4. The minimum atomic E-state index is -2.62. The molecule has 0 aliphatic carbocycles. The van der Waals surface area contributed by atoms with E-state index in [1.165, 1.54) is 37.2 Å². The number of rotatable bonds is 7. The molecular formula is C8H21O3PS2. The predicted octanol–water partition coefficient (Wildman–Crippen LogP) is 3.16. The predicted molar refractivity (Wildman–Crippen MR) is 68.3 cm³/mol. The molecule has 88 valence electrons. The molecular weight excluding hydrogens is 239 g/mol. The van der Waals surface area contributed by atoms with Crippen LogP contribution >= 0.6 is 30.2 Å². The highest BCUT2D eigenvalue weighted by Gasteiger charge is 1.88. The van der Waals surface area contributed by atoms with Gasteiger partial charge in [0.2, 0.25) is 0 Å². The molecule has 0 rings (SSSR count). The summed E-state index contributed by atoms with van der Waals surface area (Å²) in [5.74, 6) is 2.68. The van der Waals surface area contributed by atoms with Crippen LogP contribution in [0.1, 0.15) is 39.5 Å². The molecule has 3 nitrogen and oxygen atoms in total. The maximum absolute atomic E-state index is 7.23. The second-order valence-corrected chi connectivity index (χ2v) is 5.86. The highest BCUT2D eigenvalue weighted by Crippen LogP contribution is 2.23. The summed E-state index contributed by atoms with van der Waals surface area (Å²) < 4.78 is 0. The Hall–Kier alpha value is 1.01. The molecule has 0 radical (unpaired) electrons. The lowest BCUT2D eigenvalue weighted by Crippen LogP contribution is -1.76. The molecule has 3 N–H and O–H groups in total. The first-order valence-electron chi connectivity index (χ1n) is 4.76. The van der Waals surface area contributed by atoms with Crippen molar-refractivity contribution in [2.24, 2.45) is 0 Å². The zero-order valence-corrected chi connectivity index (χ0v) is 11.4. The fourth-order valence-electron chi connectivity index (χ4n) is 0.524. The maximum Gasteiger partial charge on any atom is 0.324 e. The van der Waals surface area contributed by atoms with Gasteiger partial charge in [-0.15, -0.1) is 0 Å². The van der Waals surface area contributed by atoms with Crippen LogP contribution in [0.3, 0.4) is 0 Å². The van der Waals surface area contributed by atoms with E-state index in [2.05, 4.69) is 13.8 Å². The highest BCUT2D eigenvalue weighted by molar-refractivity contribution is 8.76. The Morgan fingerprint density at radius 1 is 0.857 bits per heavy atom. The van der Waals surface area contributed by atoms with Crippen LogP contribution in [0.15, 0.2) is 0 Å². The van der Waals surface area contributed by atoms with E-state index in [-0.39, 0.29) is 0 Å². The molecule has 0 aliphatic rings. The molecule has 0 fully saturated rings. The van der Waals surface area contributed by atoms with Crippen molar-refractivity contribution in [3.63, 3.8) is 0 Å². The summed E-state index contributed by atoms with van der Waals surface area (Å²) in [5, 5.41) is 0. The summed E-state index contributed by atoms with van der Waals surface area (Å²) in [5.41, 5.74) is 0. The van der Waals surface area contributed by atoms with E-state index in [4.69, 9.17) is 14.7 Å². The van der Waals surface area contributed by atoms with Crippen LogP contribution < -0.4 is 0 Å². The minimum absolute atomic E-state index is 1.33. The van der Waals surface area contributed by atoms with Crippen LogP contribution in [0.25, 0.3) is 0 Å². The second-order valence-electron chi connectivity index (χ2n) is 2.62. The van der Waals surface area contributed by atoms with Gasteiger partial charge in [0.25, 0.3) is 0 Å². The van der Waals surface area contributed by atoms with Gasteiger partial charge in [0.05, 0.1) is 0 Å². The van der Waals surface area contributed by atoms with E-state index < -0.39 is 8.60 Å². The van der Waals surface area contributed by atoms with Crippen LogP contribution in [-0.2, 0) is 0 Å². The van der Waals surface area contributed by atoms with Crippen molar-refractivity contribution in [2.75, 3.05) is 11.5 Å². The average molecular weight is 260 g/mol. The lowest BCUT2D eigenvalue weighted by molar-refractivity contribution is 0.368. The van der Waals surface area contributed by atoms with Crippen molar-refractivity contribution in [3.8, 4) is 0 Å². The van der Waals surface area contributed by atoms with Crippen molar-refractivity contribution < 1.29 is 14.7 Å². The number of hydrogen-bond acceptors (Lipinski definition) is 5. The third kappa shape index (κ3) is 29.2. The van der Waals surface area contributed by atoms with Gasteiger partial charge in [-0.2, -0.15) is 0 Å². The van der Waals surface area contributed by atoms with Crippen molar-refractivity contribution in [1.29, 1.82) is 0 Å². The Bertz CT molecular complexity index is 85.9. The molecule has 0 amide bonds. The Balaban J connectivity index is 0. The number of hydrogen-bond donors (Lipinski definition) is 3. The minimum Gasteiger partial charge on any atom is -0.328 e. The van der Waals surface area contributed by atoms with Gasteiger partial charge in [-0.05, 0) is 12.8 Å². The van der Waals surface area contributed by atoms with Crippen LogP contribution in [0.4, 0.5) is 0 Å². The average Bonchev–Trinajstić information content (AvgIpc) is 2.10. The zero-order chi connectivity index (χ0) is 11.2. The summed E-state index contributed by atoms with van der Waals surface area (Å²) in [6.07, 6.45) is 5.43. The van der Waals surface area contributed by atoms with Crippen LogP contribution in [0.2, 0.25) is 0 Å². The first-order chi connectivity index (χ1) is 6.65. The topological polar surface area (TPSA) is 60.7 Å². The maximum atomic E-state index is 7.23. The molecule has 0 heterocycles. The van der Waals surface area contributed by atoms with Gasteiger partial charge in [0.1, 0.15) is 0 Å². The van der Waals surface area contributed by atoms with Crippen LogP contribution in [0.5, 0.6) is 0 Å². The Morgan fingerprint density at radius 2 is 1.14 bits per heavy atom. The van der Waals surface area contributed by atoms with Crippen molar-refractivity contribution in [3.05, 3.63) is 0 Å². The van der Waals surface area contributed by atoms with Gasteiger partial charge in [0, 0.05) is 11.5 Å². The van der Waals surface area contributed by atoms with Gasteiger partial charge in [-0.25, -0.2) is 0 Å². The van der Waals surface area contributed by atoms with Gasteiger partial charge < -0.3 is 14.7 Å². The van der Waals surface area contributed by atoms with E-state index in [9.17, 15) is 0 Å². The van der Waals surface area contributed by atoms with E-state index in [0.717, 1.165) is 0 Å². The van der Waals surface area contributed by atoms with E-state index in [1.54, 1.807) is 0 Å². The van der Waals surface area contributed by atoms with E-state index >= 15 is 0 Å². The van der Waals surface area contributed by atoms with Crippen LogP contribution in [-0.4, -0.2) is 26.2 Å². The Morgan fingerprint density at radius 3 is 1.36 bits per heavy atom. The van der Waals surface area contributed by atoms with Gasteiger partial charge >= 0.3 is 8.60 Å². The summed E-state index contributed by atoms with van der Waals surface area (Å²) >= 11 is 0. The summed E-state index contributed by atoms with van der Waals surface area (Å²) in [7, 11) is 1.45. The Labute approximate surface area is 96.1 Å². The van der Waals surface area contributed by atoms with Gasteiger partial charge in [-0.3, -0.25) is 0 Å². The fourth-order valence-corrected chi connectivity index (χ4v) is 2.99. The smallest absolute Gasteiger partial charge is 0.324 e. The summed E-state index contributed by atoms with van der Waals surface area (Å²) in [6.45, 7) is 4.49. The first-order valence-corrected chi connectivity index (χ1v) is 8.45. The van der Waals surface area contributed by atoms with Gasteiger partial charge in [-0.1, -0.05) is 48.3 Å². The molecule has 14 heavy (non-hydrogen) atoms. The fraction of sp³-hybridized carbons (Fsp3) is 1.00. The van der Waals surface area contributed by atoms with Crippen LogP contribution in [0, 0.1) is 0 Å². The monoisotopic (exact) mass is 260 g/mol. The summed E-state index contributed by atoms with van der Waals surface area (Å²) in [6, 6.07) is 0. The number of unbranched alkanes of at least 4 members (excludes halogenated alkanes) is 2. The quantitative estimate of drug-likeness (QED) is 0.373. The normalized spacial score (nSPS) is 9.86. The molecule has 0 atom stereocenters. The zero-order valence-electron chi connectivity index (χ0n) is 8.85. The molecule has 0 saturated carbocycles. The lowest BCUT2D eigenvalue weighted by atomic mass is 10.4. The lowest BCUT2D eigenvalue weighted by Gasteiger charge is -1.97. The van der Waals surface area contributed by atoms with Crippen molar-refractivity contribution in [2.45, 2.75) is 39.5 Å². The molecule has 0 saturated heterocycles. The molecule has 0 spiro atoms. The van der Waals surface area contributed by atoms with Crippen molar-refractivity contribution in [1.82, 2.24) is 0 Å². The van der Waals surface area contributed by atoms with Gasteiger partial charge in [0.15, 0.2) is 0 Å². The third-order valence-corrected chi connectivity index (χ3v) is 3.82. The molecule has 0 aromatic carbocycles. The molecule has 0 aromatic heterocycles. The molecule has 0 bridgehead atoms. The van der Waals surface area contributed by atoms with Crippen molar-refractivity contribution >= 4 is 30.2 Å². The van der Waals surface area contributed by atoms with E-state index in [1.807, 2.05) is 21.6 Å². The first kappa shape index (κ1) is 17.4. The molecule has 0 unspecified atom stereocenters. The molecule has 0 aromatic rings. The third-order valence-electron chi connectivity index (χ3n) is 1.25. The highest BCUT2D eigenvalue weighted by atomic mass is 33.1. The summed E-state index contributed by atoms with van der Waals surface area (Å²) in [4.78, 5) is 21.7. The SMILES string of the molecule is CCCCSSCCCC.OP(O)O. The van der Waals surface area contributed by atoms with E-state index in [0.29, 0.717) is 0 Å².